The van der Waals surface area contributed by atoms with Crippen molar-refractivity contribution in [2.45, 2.75) is 38.3 Å². The molecule has 0 amide bonds. The van der Waals surface area contributed by atoms with Gasteiger partial charge in [-0.15, -0.1) is 11.3 Å². The Morgan fingerprint density at radius 1 is 1.57 bits per heavy atom. The van der Waals surface area contributed by atoms with Crippen LogP contribution in [0, 0.1) is 0 Å². The van der Waals surface area contributed by atoms with Crippen LogP contribution in [0.5, 0.6) is 0 Å². The molecule has 14 heavy (non-hydrogen) atoms. The molecule has 1 aromatic heterocycles. The third-order valence-electron chi connectivity index (χ3n) is 2.29. The van der Waals surface area contributed by atoms with Crippen molar-refractivity contribution >= 4 is 11.3 Å². The van der Waals surface area contributed by atoms with Crippen LogP contribution in [0.25, 0.3) is 0 Å². The van der Waals surface area contributed by atoms with E-state index in [4.69, 9.17) is 10.5 Å². The number of nitrogens with two attached hydrogens (primary N) is 1. The van der Waals surface area contributed by atoms with Gasteiger partial charge in [0, 0.05) is 24.2 Å². The van der Waals surface area contributed by atoms with Crippen molar-refractivity contribution in [1.29, 1.82) is 0 Å². The first-order valence-electron chi connectivity index (χ1n) is 4.88. The molecular weight excluding hydrogens is 196 g/mol. The summed E-state index contributed by atoms with van der Waals surface area (Å²) in [5, 5.41) is 0. The summed E-state index contributed by atoms with van der Waals surface area (Å²) in [7, 11) is 1.74. The van der Waals surface area contributed by atoms with Crippen LogP contribution in [0.1, 0.15) is 24.6 Å². The van der Waals surface area contributed by atoms with Crippen LogP contribution in [0.3, 0.4) is 0 Å². The molecule has 0 radical (unpaired) electrons. The molecule has 0 aliphatic heterocycles. The van der Waals surface area contributed by atoms with Crippen LogP contribution in [0.15, 0.2) is 11.7 Å². The number of rotatable bonds is 6. The maximum absolute atomic E-state index is 5.99. The maximum Gasteiger partial charge on any atom is 0.0794 e. The molecule has 1 heterocycles. The summed E-state index contributed by atoms with van der Waals surface area (Å²) in [5.74, 6) is 0. The molecule has 0 fully saturated rings. The van der Waals surface area contributed by atoms with Crippen molar-refractivity contribution in [3.8, 4) is 0 Å². The summed E-state index contributed by atoms with van der Waals surface area (Å²) in [5.41, 5.74) is 7.84. The van der Waals surface area contributed by atoms with Crippen LogP contribution < -0.4 is 5.73 Å². The first kappa shape index (κ1) is 11.6. The van der Waals surface area contributed by atoms with E-state index in [2.05, 4.69) is 11.9 Å². The largest absolute Gasteiger partial charge is 0.382 e. The second kappa shape index (κ2) is 6.11. The van der Waals surface area contributed by atoms with E-state index in [1.54, 1.807) is 18.4 Å². The first-order valence-corrected chi connectivity index (χ1v) is 5.76. The van der Waals surface area contributed by atoms with E-state index in [0.717, 1.165) is 19.3 Å². The summed E-state index contributed by atoms with van der Waals surface area (Å²) in [6.45, 7) is 2.07. The molecule has 0 aliphatic rings. The second-order valence-electron chi connectivity index (χ2n) is 3.56. The zero-order chi connectivity index (χ0) is 10.4. The Bertz CT molecular complexity index is 238. The minimum absolute atomic E-state index is 0.230. The van der Waals surface area contributed by atoms with E-state index >= 15 is 0 Å². The van der Waals surface area contributed by atoms with E-state index in [1.165, 1.54) is 4.88 Å². The molecule has 0 aromatic carbocycles. The van der Waals surface area contributed by atoms with Crippen molar-refractivity contribution in [3.05, 3.63) is 16.6 Å². The van der Waals surface area contributed by atoms with Crippen LogP contribution >= 0.6 is 11.3 Å². The van der Waals surface area contributed by atoms with Crippen molar-refractivity contribution in [2.24, 2.45) is 5.73 Å². The molecule has 2 unspecified atom stereocenters. The van der Waals surface area contributed by atoms with Crippen molar-refractivity contribution < 1.29 is 4.74 Å². The average Bonchev–Trinajstić information content (AvgIpc) is 2.66. The van der Waals surface area contributed by atoms with Gasteiger partial charge in [0.05, 0.1) is 11.6 Å². The number of hydrogen-bond donors (Lipinski definition) is 1. The van der Waals surface area contributed by atoms with Crippen molar-refractivity contribution in [3.63, 3.8) is 0 Å². The minimum atomic E-state index is 0.230. The molecule has 2 atom stereocenters. The van der Waals surface area contributed by atoms with E-state index in [0.29, 0.717) is 6.10 Å². The smallest absolute Gasteiger partial charge is 0.0794 e. The van der Waals surface area contributed by atoms with Crippen LogP contribution in [0.2, 0.25) is 0 Å². The molecule has 1 rings (SSSR count). The van der Waals surface area contributed by atoms with Gasteiger partial charge in [0.15, 0.2) is 0 Å². The summed E-state index contributed by atoms with van der Waals surface area (Å²) < 4.78 is 5.17. The molecule has 1 aromatic rings. The Hall–Kier alpha value is -0.450. The number of thiazole rings is 1. The van der Waals surface area contributed by atoms with Gasteiger partial charge in [-0.25, -0.2) is 0 Å². The highest BCUT2D eigenvalue weighted by Crippen LogP contribution is 2.11. The van der Waals surface area contributed by atoms with Gasteiger partial charge in [-0.1, -0.05) is 0 Å². The molecule has 0 aliphatic carbocycles. The molecule has 0 saturated heterocycles. The lowest BCUT2D eigenvalue weighted by Gasteiger charge is -2.13. The first-order chi connectivity index (χ1) is 6.72. The number of nitrogens with zero attached hydrogens (tertiary/aromatic N) is 1. The third-order valence-corrected chi connectivity index (χ3v) is 3.10. The highest BCUT2D eigenvalue weighted by Gasteiger charge is 2.07. The predicted octanol–water partition coefficient (Wildman–Crippen LogP) is 1.83. The Morgan fingerprint density at radius 3 is 2.93 bits per heavy atom. The standard InChI is InChI=1S/C10H18N2OS/c1-8(13-2)3-4-9(11)5-10-6-12-7-14-10/h6-9H,3-5,11H2,1-2H3. The summed E-state index contributed by atoms with van der Waals surface area (Å²) in [6, 6.07) is 0.230. The SMILES string of the molecule is COC(C)CCC(N)Cc1cncs1. The summed E-state index contributed by atoms with van der Waals surface area (Å²) >= 11 is 1.67. The van der Waals surface area contributed by atoms with Crippen LogP contribution in [-0.4, -0.2) is 24.2 Å². The monoisotopic (exact) mass is 214 g/mol. The van der Waals surface area contributed by atoms with Gasteiger partial charge in [0.25, 0.3) is 0 Å². The topological polar surface area (TPSA) is 48.1 Å². The lowest BCUT2D eigenvalue weighted by Crippen LogP contribution is -2.24. The number of aromatic nitrogens is 1. The van der Waals surface area contributed by atoms with Gasteiger partial charge in [-0.3, -0.25) is 4.98 Å². The lowest BCUT2D eigenvalue weighted by atomic mass is 10.1. The fourth-order valence-electron chi connectivity index (χ4n) is 1.27. The fraction of sp³-hybridized carbons (Fsp3) is 0.700. The zero-order valence-corrected chi connectivity index (χ0v) is 9.59. The molecule has 0 bridgehead atoms. The second-order valence-corrected chi connectivity index (χ2v) is 4.53. The molecular formula is C10H18N2OS. The Labute approximate surface area is 89.3 Å². The Kier molecular flexibility index (Phi) is 5.07. The van der Waals surface area contributed by atoms with Gasteiger partial charge in [0.2, 0.25) is 0 Å². The average molecular weight is 214 g/mol. The molecule has 0 saturated carbocycles. The Balaban J connectivity index is 2.19. The van der Waals surface area contributed by atoms with Crippen molar-refractivity contribution in [1.82, 2.24) is 4.98 Å². The number of ether oxygens (including phenoxy) is 1. The van der Waals surface area contributed by atoms with Crippen LogP contribution in [0.4, 0.5) is 0 Å². The van der Waals surface area contributed by atoms with Gasteiger partial charge in [0.1, 0.15) is 0 Å². The van der Waals surface area contributed by atoms with E-state index < -0.39 is 0 Å². The van der Waals surface area contributed by atoms with Gasteiger partial charge in [-0.2, -0.15) is 0 Å². The quantitative estimate of drug-likeness (QED) is 0.786. The molecule has 2 N–H and O–H groups in total. The molecule has 0 spiro atoms. The van der Waals surface area contributed by atoms with Crippen molar-refractivity contribution in [2.75, 3.05) is 7.11 Å². The van der Waals surface area contributed by atoms with Gasteiger partial charge in [-0.05, 0) is 26.2 Å². The summed E-state index contributed by atoms with van der Waals surface area (Å²) in [4.78, 5) is 5.29. The lowest BCUT2D eigenvalue weighted by molar-refractivity contribution is 0.107. The highest BCUT2D eigenvalue weighted by molar-refractivity contribution is 7.09. The molecule has 3 nitrogen and oxygen atoms in total. The number of hydrogen-bond acceptors (Lipinski definition) is 4. The van der Waals surface area contributed by atoms with Crippen LogP contribution in [-0.2, 0) is 11.2 Å². The van der Waals surface area contributed by atoms with E-state index in [1.807, 2.05) is 11.7 Å². The van der Waals surface area contributed by atoms with Gasteiger partial charge >= 0.3 is 0 Å². The summed E-state index contributed by atoms with van der Waals surface area (Å²) in [6.07, 6.45) is 5.16. The highest BCUT2D eigenvalue weighted by atomic mass is 32.1. The minimum Gasteiger partial charge on any atom is -0.382 e. The zero-order valence-electron chi connectivity index (χ0n) is 8.77. The fourth-order valence-corrected chi connectivity index (χ4v) is 1.96. The van der Waals surface area contributed by atoms with Gasteiger partial charge < -0.3 is 10.5 Å². The Morgan fingerprint density at radius 2 is 2.36 bits per heavy atom. The molecule has 80 valence electrons. The maximum atomic E-state index is 5.99. The predicted molar refractivity (Wildman–Crippen MR) is 59.5 cm³/mol. The van der Waals surface area contributed by atoms with E-state index in [9.17, 15) is 0 Å². The third kappa shape index (κ3) is 4.17. The van der Waals surface area contributed by atoms with E-state index in [-0.39, 0.29) is 6.04 Å². The normalized spacial score (nSPS) is 15.4. The number of methoxy groups -OCH3 is 1. The molecule has 4 heteroatoms.